The van der Waals surface area contributed by atoms with Gasteiger partial charge < -0.3 is 5.32 Å². The first-order chi connectivity index (χ1) is 9.28. The van der Waals surface area contributed by atoms with Gasteiger partial charge in [-0.3, -0.25) is 0 Å². The van der Waals surface area contributed by atoms with Crippen LogP contribution >= 0.6 is 11.6 Å². The summed E-state index contributed by atoms with van der Waals surface area (Å²) in [5.41, 5.74) is 4.27. The van der Waals surface area contributed by atoms with Crippen LogP contribution in [0.3, 0.4) is 0 Å². The molecule has 0 saturated heterocycles. The van der Waals surface area contributed by atoms with Gasteiger partial charge in [-0.05, 0) is 54.6 Å². The molecule has 0 heterocycles. The monoisotopic (exact) mass is 271 g/mol. The maximum absolute atomic E-state index is 6.07. The maximum Gasteiger partial charge on any atom is 0.0408 e. The Morgan fingerprint density at radius 3 is 2.63 bits per heavy atom. The van der Waals surface area contributed by atoms with E-state index >= 15 is 0 Å². The second kappa shape index (κ2) is 5.36. The molecule has 98 valence electrons. The Hall–Kier alpha value is -1.31. The average molecular weight is 272 g/mol. The van der Waals surface area contributed by atoms with Crippen LogP contribution in [-0.2, 0) is 6.42 Å². The number of rotatable bonds is 3. The molecular weight excluding hydrogens is 254 g/mol. The number of benzene rings is 2. The van der Waals surface area contributed by atoms with Crippen molar-refractivity contribution in [1.29, 1.82) is 0 Å². The van der Waals surface area contributed by atoms with Gasteiger partial charge in [-0.15, -0.1) is 0 Å². The summed E-state index contributed by atoms with van der Waals surface area (Å²) in [6.07, 6.45) is 2.23. The molecule has 0 amide bonds. The molecule has 0 radical (unpaired) electrons. The molecule has 1 aliphatic carbocycles. The minimum Gasteiger partial charge on any atom is -0.313 e. The number of fused-ring (bicyclic) bond motifs is 1. The lowest BCUT2D eigenvalue weighted by molar-refractivity contribution is 0.532. The second-order valence-electron chi connectivity index (χ2n) is 5.24. The molecule has 1 nitrogen and oxygen atoms in total. The number of hydrogen-bond acceptors (Lipinski definition) is 1. The summed E-state index contributed by atoms with van der Waals surface area (Å²) >= 11 is 6.07. The van der Waals surface area contributed by atoms with E-state index in [9.17, 15) is 0 Å². The molecular formula is C17H18ClN. The first-order valence-corrected chi connectivity index (χ1v) is 7.16. The van der Waals surface area contributed by atoms with E-state index in [0.717, 1.165) is 11.4 Å². The van der Waals surface area contributed by atoms with Gasteiger partial charge in [0.2, 0.25) is 0 Å². The molecule has 2 aromatic rings. The summed E-state index contributed by atoms with van der Waals surface area (Å²) in [5, 5.41) is 4.25. The van der Waals surface area contributed by atoms with E-state index in [1.54, 1.807) is 0 Å². The van der Waals surface area contributed by atoms with Gasteiger partial charge in [0, 0.05) is 11.1 Å². The van der Waals surface area contributed by atoms with Gasteiger partial charge in [-0.25, -0.2) is 0 Å². The van der Waals surface area contributed by atoms with E-state index in [-0.39, 0.29) is 0 Å². The van der Waals surface area contributed by atoms with Crippen LogP contribution in [0.2, 0.25) is 5.02 Å². The van der Waals surface area contributed by atoms with E-state index < -0.39 is 0 Å². The van der Waals surface area contributed by atoms with Crippen LogP contribution in [0.5, 0.6) is 0 Å². The molecule has 2 atom stereocenters. The molecule has 19 heavy (non-hydrogen) atoms. The van der Waals surface area contributed by atoms with Crippen molar-refractivity contribution in [2.24, 2.45) is 0 Å². The van der Waals surface area contributed by atoms with Crippen LogP contribution in [-0.4, -0.2) is 7.05 Å². The summed E-state index contributed by atoms with van der Waals surface area (Å²) in [6.45, 7) is 0. The molecule has 0 aromatic heterocycles. The van der Waals surface area contributed by atoms with Gasteiger partial charge >= 0.3 is 0 Å². The summed E-state index contributed by atoms with van der Waals surface area (Å²) in [4.78, 5) is 0. The smallest absolute Gasteiger partial charge is 0.0408 e. The highest BCUT2D eigenvalue weighted by atomic mass is 35.5. The highest BCUT2D eigenvalue weighted by molar-refractivity contribution is 6.30. The van der Waals surface area contributed by atoms with Gasteiger partial charge in [-0.2, -0.15) is 0 Å². The molecule has 0 fully saturated rings. The third kappa shape index (κ3) is 2.54. The van der Waals surface area contributed by atoms with Crippen molar-refractivity contribution in [3.05, 3.63) is 70.2 Å². The van der Waals surface area contributed by atoms with Crippen molar-refractivity contribution >= 4 is 11.6 Å². The molecule has 0 aliphatic heterocycles. The van der Waals surface area contributed by atoms with Crippen LogP contribution < -0.4 is 5.32 Å². The van der Waals surface area contributed by atoms with Crippen molar-refractivity contribution in [3.63, 3.8) is 0 Å². The van der Waals surface area contributed by atoms with Crippen molar-refractivity contribution in [1.82, 2.24) is 5.32 Å². The minimum atomic E-state index is 0.486. The molecule has 3 rings (SSSR count). The summed E-state index contributed by atoms with van der Waals surface area (Å²) in [5.74, 6) is 0.590. The Balaban J connectivity index is 1.87. The Kier molecular flexibility index (Phi) is 3.58. The molecule has 1 aliphatic rings. The topological polar surface area (TPSA) is 12.0 Å². The first kappa shape index (κ1) is 12.7. The fourth-order valence-corrected chi connectivity index (χ4v) is 3.37. The van der Waals surface area contributed by atoms with Gasteiger partial charge in [-0.1, -0.05) is 48.0 Å². The fourth-order valence-electron chi connectivity index (χ4n) is 3.15. The van der Waals surface area contributed by atoms with Crippen LogP contribution in [0.25, 0.3) is 0 Å². The van der Waals surface area contributed by atoms with E-state index in [2.05, 4.69) is 41.7 Å². The largest absolute Gasteiger partial charge is 0.313 e. The summed E-state index contributed by atoms with van der Waals surface area (Å²) < 4.78 is 0. The Morgan fingerprint density at radius 2 is 1.89 bits per heavy atom. The molecule has 0 spiro atoms. The van der Waals surface area contributed by atoms with Crippen LogP contribution in [0.15, 0.2) is 48.5 Å². The lowest BCUT2D eigenvalue weighted by Gasteiger charge is -2.12. The van der Waals surface area contributed by atoms with Gasteiger partial charge in [0.05, 0.1) is 0 Å². The van der Waals surface area contributed by atoms with E-state index in [1.807, 2.05) is 19.2 Å². The van der Waals surface area contributed by atoms with E-state index in [1.165, 1.54) is 23.1 Å². The van der Waals surface area contributed by atoms with Crippen LogP contribution in [0.1, 0.15) is 35.1 Å². The number of halogens is 1. The quantitative estimate of drug-likeness (QED) is 0.876. The van der Waals surface area contributed by atoms with Gasteiger partial charge in [0.1, 0.15) is 0 Å². The maximum atomic E-state index is 6.07. The third-order valence-electron chi connectivity index (χ3n) is 4.05. The van der Waals surface area contributed by atoms with Crippen molar-refractivity contribution in [2.45, 2.75) is 24.8 Å². The zero-order valence-electron chi connectivity index (χ0n) is 11.1. The standard InChI is InChI=1S/C17H18ClN/c1-19-17-11-13(15-7-2-3-8-16(15)17)9-12-5-4-6-14(18)10-12/h2-8,10,13,17,19H,9,11H2,1H3. The van der Waals surface area contributed by atoms with Crippen molar-refractivity contribution in [3.8, 4) is 0 Å². The van der Waals surface area contributed by atoms with Gasteiger partial charge in [0.15, 0.2) is 0 Å². The normalized spacial score (nSPS) is 21.4. The Bertz CT molecular complexity index is 579. The Morgan fingerprint density at radius 1 is 1.11 bits per heavy atom. The molecule has 1 N–H and O–H groups in total. The second-order valence-corrected chi connectivity index (χ2v) is 5.67. The SMILES string of the molecule is CNC1CC(Cc2cccc(Cl)c2)c2ccccc21. The first-order valence-electron chi connectivity index (χ1n) is 6.78. The molecule has 2 heteroatoms. The number of hydrogen-bond donors (Lipinski definition) is 1. The highest BCUT2D eigenvalue weighted by Gasteiger charge is 2.29. The third-order valence-corrected chi connectivity index (χ3v) is 4.29. The van der Waals surface area contributed by atoms with Crippen LogP contribution in [0, 0.1) is 0 Å². The molecule has 0 bridgehead atoms. The van der Waals surface area contributed by atoms with Crippen LogP contribution in [0.4, 0.5) is 0 Å². The van der Waals surface area contributed by atoms with E-state index in [4.69, 9.17) is 11.6 Å². The molecule has 2 unspecified atom stereocenters. The number of nitrogens with one attached hydrogen (secondary N) is 1. The minimum absolute atomic E-state index is 0.486. The lowest BCUT2D eigenvalue weighted by Crippen LogP contribution is -2.13. The highest BCUT2D eigenvalue weighted by Crippen LogP contribution is 2.41. The summed E-state index contributed by atoms with van der Waals surface area (Å²) in [7, 11) is 2.04. The van der Waals surface area contributed by atoms with E-state index in [0.29, 0.717) is 12.0 Å². The summed E-state index contributed by atoms with van der Waals surface area (Å²) in [6, 6.07) is 17.5. The average Bonchev–Trinajstić information content (AvgIpc) is 2.77. The molecule has 2 aromatic carbocycles. The predicted molar refractivity (Wildman–Crippen MR) is 80.8 cm³/mol. The lowest BCUT2D eigenvalue weighted by atomic mass is 9.94. The zero-order chi connectivity index (χ0) is 13.2. The van der Waals surface area contributed by atoms with Crippen molar-refractivity contribution < 1.29 is 0 Å². The van der Waals surface area contributed by atoms with Gasteiger partial charge in [0.25, 0.3) is 0 Å². The Labute approximate surface area is 119 Å². The fraction of sp³-hybridized carbons (Fsp3) is 0.294. The molecule has 0 saturated carbocycles. The zero-order valence-corrected chi connectivity index (χ0v) is 11.8. The van der Waals surface area contributed by atoms with Crippen molar-refractivity contribution in [2.75, 3.05) is 7.05 Å². The predicted octanol–water partition coefficient (Wildman–Crippen LogP) is 4.33.